The van der Waals surface area contributed by atoms with Crippen LogP contribution in [0.4, 0.5) is 0 Å². The molecule has 3 nitrogen and oxygen atoms in total. The fourth-order valence-corrected chi connectivity index (χ4v) is 3.22. The minimum Gasteiger partial charge on any atom is -0.271 e. The number of thiazole rings is 1. The highest BCUT2D eigenvalue weighted by Gasteiger charge is 2.27. The van der Waals surface area contributed by atoms with Crippen LogP contribution < -0.4 is 11.3 Å². The molecule has 1 heterocycles. The predicted octanol–water partition coefficient (Wildman–Crippen LogP) is 2.62. The lowest BCUT2D eigenvalue weighted by atomic mass is 9.79. The zero-order valence-corrected chi connectivity index (χ0v) is 11.8. The molecule has 0 radical (unpaired) electrons. The molecule has 1 aliphatic rings. The number of hydrogen-bond acceptors (Lipinski definition) is 4. The first-order valence-electron chi connectivity index (χ1n) is 6.41. The molecule has 1 aromatic rings. The zero-order valence-electron chi connectivity index (χ0n) is 11.0. The minimum atomic E-state index is 0.150. The number of nitrogens with two attached hydrogens (primary N) is 1. The van der Waals surface area contributed by atoms with Gasteiger partial charge in [0.2, 0.25) is 0 Å². The van der Waals surface area contributed by atoms with E-state index in [0.717, 1.165) is 12.3 Å². The lowest BCUT2D eigenvalue weighted by Crippen LogP contribution is -2.44. The Morgan fingerprint density at radius 2 is 2.24 bits per heavy atom. The van der Waals surface area contributed by atoms with Crippen LogP contribution in [0.2, 0.25) is 0 Å². The van der Waals surface area contributed by atoms with E-state index in [-0.39, 0.29) is 5.41 Å². The first-order valence-corrected chi connectivity index (χ1v) is 7.29. The van der Waals surface area contributed by atoms with Crippen molar-refractivity contribution in [2.24, 2.45) is 11.8 Å². The molecule has 1 saturated carbocycles. The van der Waals surface area contributed by atoms with Crippen LogP contribution in [0.3, 0.4) is 0 Å². The van der Waals surface area contributed by atoms with E-state index in [0.29, 0.717) is 6.04 Å². The van der Waals surface area contributed by atoms with Crippen LogP contribution in [-0.2, 0) is 11.8 Å². The van der Waals surface area contributed by atoms with Crippen molar-refractivity contribution in [3.63, 3.8) is 0 Å². The molecule has 0 bridgehead atoms. The van der Waals surface area contributed by atoms with Gasteiger partial charge in [0.05, 0.1) is 10.7 Å². The molecular formula is C13H23N3S. The Bertz CT molecular complexity index is 363. The van der Waals surface area contributed by atoms with Crippen molar-refractivity contribution in [2.75, 3.05) is 0 Å². The van der Waals surface area contributed by atoms with Gasteiger partial charge in [0, 0.05) is 23.3 Å². The standard InChI is InChI=1S/C13H23N3S/c1-13(2,3)11-8-17-12(15-11)7-10(16-14)9-5-4-6-9/h8-10,16H,4-7,14H2,1-3H3. The average Bonchev–Trinajstić information content (AvgIpc) is 2.61. The van der Waals surface area contributed by atoms with Crippen molar-refractivity contribution in [3.8, 4) is 0 Å². The summed E-state index contributed by atoms with van der Waals surface area (Å²) in [7, 11) is 0. The molecule has 0 amide bonds. The van der Waals surface area contributed by atoms with Crippen LogP contribution in [0.15, 0.2) is 5.38 Å². The first kappa shape index (κ1) is 13.0. The molecule has 1 unspecified atom stereocenters. The Kier molecular flexibility index (Phi) is 3.85. The van der Waals surface area contributed by atoms with Gasteiger partial charge >= 0.3 is 0 Å². The summed E-state index contributed by atoms with van der Waals surface area (Å²) in [4.78, 5) is 4.73. The third-order valence-corrected chi connectivity index (χ3v) is 4.52. The SMILES string of the molecule is CC(C)(C)c1csc(CC(NN)C2CCC2)n1. The monoisotopic (exact) mass is 253 g/mol. The van der Waals surface area contributed by atoms with Gasteiger partial charge in [0.25, 0.3) is 0 Å². The highest BCUT2D eigenvalue weighted by molar-refractivity contribution is 7.09. The van der Waals surface area contributed by atoms with Gasteiger partial charge in [-0.3, -0.25) is 11.3 Å². The Hall–Kier alpha value is -0.450. The van der Waals surface area contributed by atoms with E-state index < -0.39 is 0 Å². The van der Waals surface area contributed by atoms with E-state index in [4.69, 9.17) is 10.8 Å². The van der Waals surface area contributed by atoms with E-state index in [9.17, 15) is 0 Å². The smallest absolute Gasteiger partial charge is 0.0944 e. The summed E-state index contributed by atoms with van der Waals surface area (Å²) in [5, 5.41) is 3.40. The van der Waals surface area contributed by atoms with Crippen LogP contribution >= 0.6 is 11.3 Å². The number of rotatable bonds is 4. The van der Waals surface area contributed by atoms with Crippen molar-refractivity contribution in [3.05, 3.63) is 16.1 Å². The second-order valence-electron chi connectivity index (χ2n) is 6.04. The minimum absolute atomic E-state index is 0.150. The molecule has 0 spiro atoms. The molecule has 1 atom stereocenters. The molecule has 4 heteroatoms. The van der Waals surface area contributed by atoms with Gasteiger partial charge in [0.15, 0.2) is 0 Å². The van der Waals surface area contributed by atoms with Crippen molar-refractivity contribution >= 4 is 11.3 Å². The second kappa shape index (κ2) is 5.04. The Morgan fingerprint density at radius 1 is 1.53 bits per heavy atom. The van der Waals surface area contributed by atoms with Gasteiger partial charge in [-0.15, -0.1) is 11.3 Å². The van der Waals surface area contributed by atoms with Crippen LogP contribution in [0.1, 0.15) is 50.7 Å². The summed E-state index contributed by atoms with van der Waals surface area (Å²) in [5.41, 5.74) is 4.31. The highest BCUT2D eigenvalue weighted by Crippen LogP contribution is 2.32. The molecule has 1 aromatic heterocycles. The molecule has 1 aliphatic carbocycles. The summed E-state index contributed by atoms with van der Waals surface area (Å²) < 4.78 is 0. The van der Waals surface area contributed by atoms with Gasteiger partial charge in [-0.25, -0.2) is 4.98 Å². The fourth-order valence-electron chi connectivity index (χ4n) is 2.14. The maximum Gasteiger partial charge on any atom is 0.0944 e. The maximum absolute atomic E-state index is 5.65. The topological polar surface area (TPSA) is 50.9 Å². The van der Waals surface area contributed by atoms with Gasteiger partial charge in [-0.2, -0.15) is 0 Å². The summed E-state index contributed by atoms with van der Waals surface area (Å²) >= 11 is 1.77. The molecule has 0 aromatic carbocycles. The van der Waals surface area contributed by atoms with Gasteiger partial charge in [-0.1, -0.05) is 27.2 Å². The highest BCUT2D eigenvalue weighted by atomic mass is 32.1. The van der Waals surface area contributed by atoms with Crippen molar-refractivity contribution in [1.29, 1.82) is 0 Å². The van der Waals surface area contributed by atoms with Crippen LogP contribution in [0, 0.1) is 5.92 Å². The van der Waals surface area contributed by atoms with Gasteiger partial charge in [0.1, 0.15) is 0 Å². The number of nitrogens with one attached hydrogen (secondary N) is 1. The van der Waals surface area contributed by atoms with E-state index in [1.807, 2.05) is 0 Å². The van der Waals surface area contributed by atoms with Crippen LogP contribution in [0.25, 0.3) is 0 Å². The zero-order chi connectivity index (χ0) is 12.5. The third kappa shape index (κ3) is 3.06. The van der Waals surface area contributed by atoms with E-state index in [2.05, 4.69) is 31.6 Å². The number of nitrogens with zero attached hydrogens (tertiary/aromatic N) is 1. The lowest BCUT2D eigenvalue weighted by Gasteiger charge is -2.32. The summed E-state index contributed by atoms with van der Waals surface area (Å²) in [6, 6.07) is 0.405. The maximum atomic E-state index is 5.65. The number of hydrogen-bond donors (Lipinski definition) is 2. The molecule has 2 rings (SSSR count). The Balaban J connectivity index is 2.00. The summed E-state index contributed by atoms with van der Waals surface area (Å²) in [6.45, 7) is 6.61. The number of hydrazine groups is 1. The van der Waals surface area contributed by atoms with Gasteiger partial charge in [-0.05, 0) is 18.8 Å². The largest absolute Gasteiger partial charge is 0.271 e. The fraction of sp³-hybridized carbons (Fsp3) is 0.769. The summed E-state index contributed by atoms with van der Waals surface area (Å²) in [5.74, 6) is 6.40. The molecule has 96 valence electrons. The number of aromatic nitrogens is 1. The van der Waals surface area contributed by atoms with Gasteiger partial charge < -0.3 is 0 Å². The average molecular weight is 253 g/mol. The second-order valence-corrected chi connectivity index (χ2v) is 6.99. The van der Waals surface area contributed by atoms with Crippen molar-refractivity contribution < 1.29 is 0 Å². The van der Waals surface area contributed by atoms with Crippen molar-refractivity contribution in [1.82, 2.24) is 10.4 Å². The van der Waals surface area contributed by atoms with Crippen LogP contribution in [0.5, 0.6) is 0 Å². The van der Waals surface area contributed by atoms with E-state index >= 15 is 0 Å². The van der Waals surface area contributed by atoms with E-state index in [1.165, 1.54) is 30.0 Å². The quantitative estimate of drug-likeness (QED) is 0.640. The summed E-state index contributed by atoms with van der Waals surface area (Å²) in [6.07, 6.45) is 4.95. The lowest BCUT2D eigenvalue weighted by molar-refractivity contribution is 0.228. The predicted molar refractivity (Wildman–Crippen MR) is 73.0 cm³/mol. The van der Waals surface area contributed by atoms with Crippen molar-refractivity contribution in [2.45, 2.75) is 57.9 Å². The normalized spacial score (nSPS) is 19.1. The Morgan fingerprint density at radius 3 is 2.65 bits per heavy atom. The first-order chi connectivity index (χ1) is 8.00. The molecule has 3 N–H and O–H groups in total. The molecular weight excluding hydrogens is 230 g/mol. The van der Waals surface area contributed by atoms with E-state index in [1.54, 1.807) is 11.3 Å². The molecule has 0 saturated heterocycles. The Labute approximate surface area is 108 Å². The molecule has 0 aliphatic heterocycles. The molecule has 1 fully saturated rings. The molecule has 17 heavy (non-hydrogen) atoms. The van der Waals surface area contributed by atoms with Crippen LogP contribution in [-0.4, -0.2) is 11.0 Å². The third-order valence-electron chi connectivity index (χ3n) is 3.65.